The Morgan fingerprint density at radius 2 is 1.00 bits per heavy atom. The monoisotopic (exact) mass is 294 g/mol. The topological polar surface area (TPSA) is 58.9 Å². The Morgan fingerprint density at radius 3 is 1.29 bits per heavy atom. The van der Waals surface area contributed by atoms with Crippen LogP contribution in [0.3, 0.4) is 0 Å². The average Bonchev–Trinajstić information content (AvgIpc) is 2.44. The lowest BCUT2D eigenvalue weighted by atomic mass is 9.76. The van der Waals surface area contributed by atoms with Crippen LogP contribution in [0, 0.1) is 11.8 Å². The van der Waals surface area contributed by atoms with Crippen molar-refractivity contribution in [2.75, 3.05) is 0 Å². The van der Waals surface area contributed by atoms with E-state index >= 15 is 0 Å². The summed E-state index contributed by atoms with van der Waals surface area (Å²) >= 11 is 0. The molecule has 2 aliphatic carbocycles. The van der Waals surface area contributed by atoms with Crippen LogP contribution < -0.4 is 0 Å². The lowest BCUT2D eigenvalue weighted by Gasteiger charge is -2.31. The molecule has 2 rings (SSSR count). The van der Waals surface area contributed by atoms with Crippen LogP contribution in [-0.4, -0.2) is 24.2 Å². The molecule has 0 amide bonds. The highest BCUT2D eigenvalue weighted by Gasteiger charge is 2.26. The Hall–Kier alpha value is -1.24. The SMILES string of the molecule is C.C.O=C=NC1CCC(CC2CCC(N=C=O)CC2)CC1. The summed E-state index contributed by atoms with van der Waals surface area (Å²) in [4.78, 5) is 28.1. The largest absolute Gasteiger partial charge is 0.235 e. The van der Waals surface area contributed by atoms with E-state index in [9.17, 15) is 9.59 Å². The van der Waals surface area contributed by atoms with E-state index in [0.717, 1.165) is 37.5 Å². The van der Waals surface area contributed by atoms with E-state index in [-0.39, 0.29) is 26.9 Å². The second kappa shape index (κ2) is 10.5. The number of hydrogen-bond acceptors (Lipinski definition) is 4. The predicted molar refractivity (Wildman–Crippen MR) is 85.8 cm³/mol. The van der Waals surface area contributed by atoms with Crippen molar-refractivity contribution in [1.29, 1.82) is 0 Å². The van der Waals surface area contributed by atoms with Crippen molar-refractivity contribution in [3.05, 3.63) is 0 Å². The molecule has 21 heavy (non-hydrogen) atoms. The van der Waals surface area contributed by atoms with E-state index in [1.807, 2.05) is 0 Å². The van der Waals surface area contributed by atoms with Gasteiger partial charge in [-0.15, -0.1) is 0 Å². The second-order valence-electron chi connectivity index (χ2n) is 6.03. The Morgan fingerprint density at radius 1 is 0.667 bits per heavy atom. The third kappa shape index (κ3) is 6.37. The van der Waals surface area contributed by atoms with Gasteiger partial charge >= 0.3 is 0 Å². The molecule has 120 valence electrons. The van der Waals surface area contributed by atoms with Gasteiger partial charge in [-0.25, -0.2) is 19.6 Å². The normalized spacial score (nSPS) is 31.6. The first-order valence-electron chi connectivity index (χ1n) is 7.45. The number of carbonyl (C=O) groups excluding carboxylic acids is 2. The van der Waals surface area contributed by atoms with E-state index in [1.54, 1.807) is 12.2 Å². The van der Waals surface area contributed by atoms with Gasteiger partial charge in [-0.05, 0) is 69.6 Å². The summed E-state index contributed by atoms with van der Waals surface area (Å²) in [6, 6.07) is 0.456. The molecule has 2 fully saturated rings. The lowest BCUT2D eigenvalue weighted by Crippen LogP contribution is -2.23. The van der Waals surface area contributed by atoms with Gasteiger partial charge < -0.3 is 0 Å². The first kappa shape index (κ1) is 19.8. The van der Waals surface area contributed by atoms with Crippen LogP contribution in [0.15, 0.2) is 9.98 Å². The maximum absolute atomic E-state index is 10.2. The van der Waals surface area contributed by atoms with Crippen LogP contribution in [0.4, 0.5) is 0 Å². The van der Waals surface area contributed by atoms with Crippen LogP contribution in [0.25, 0.3) is 0 Å². The Bertz CT molecular complexity index is 332. The van der Waals surface area contributed by atoms with Crippen LogP contribution in [-0.2, 0) is 9.59 Å². The molecule has 0 saturated heterocycles. The molecular formula is C17H30N2O2. The highest BCUT2D eigenvalue weighted by atomic mass is 16.1. The Kier molecular flexibility index (Phi) is 9.86. The predicted octanol–water partition coefficient (Wildman–Crippen LogP) is 4.44. The Labute approximate surface area is 129 Å². The van der Waals surface area contributed by atoms with Gasteiger partial charge in [0.2, 0.25) is 12.2 Å². The van der Waals surface area contributed by atoms with Gasteiger partial charge in [-0.2, -0.15) is 0 Å². The van der Waals surface area contributed by atoms with Gasteiger partial charge in [0.25, 0.3) is 0 Å². The highest BCUT2D eigenvalue weighted by molar-refractivity contribution is 5.33. The van der Waals surface area contributed by atoms with Crippen molar-refractivity contribution in [3.63, 3.8) is 0 Å². The molecule has 0 aromatic rings. The van der Waals surface area contributed by atoms with Crippen molar-refractivity contribution >= 4 is 12.2 Å². The standard InChI is InChI=1S/C15H22N2O2.2CH4/c18-10-16-14-5-1-12(2-6-14)9-13-3-7-15(8-4-13)17-11-19;;/h12-15H,1-9H2;2*1H4. The summed E-state index contributed by atoms with van der Waals surface area (Å²) in [5, 5.41) is 0. The fourth-order valence-electron chi connectivity index (χ4n) is 3.64. The number of aliphatic imine (C=N–C) groups is 2. The average molecular weight is 294 g/mol. The molecule has 2 saturated carbocycles. The smallest absolute Gasteiger partial charge is 0.211 e. The number of isocyanates is 2. The van der Waals surface area contributed by atoms with Crippen molar-refractivity contribution in [1.82, 2.24) is 0 Å². The third-order valence-electron chi connectivity index (χ3n) is 4.77. The number of hydrogen-bond donors (Lipinski definition) is 0. The van der Waals surface area contributed by atoms with Gasteiger partial charge in [0.1, 0.15) is 0 Å². The van der Waals surface area contributed by atoms with Crippen molar-refractivity contribution in [2.45, 2.75) is 84.7 Å². The van der Waals surface area contributed by atoms with Gasteiger partial charge in [0.15, 0.2) is 0 Å². The van der Waals surface area contributed by atoms with Crippen LogP contribution in [0.5, 0.6) is 0 Å². The summed E-state index contributed by atoms with van der Waals surface area (Å²) < 4.78 is 0. The molecule has 0 N–H and O–H groups in total. The summed E-state index contributed by atoms with van der Waals surface area (Å²) in [5.74, 6) is 1.60. The molecule has 2 aliphatic rings. The zero-order valence-corrected chi connectivity index (χ0v) is 11.4. The number of rotatable bonds is 4. The number of nitrogens with zero attached hydrogens (tertiary/aromatic N) is 2. The molecule has 4 nitrogen and oxygen atoms in total. The molecule has 0 aromatic heterocycles. The summed E-state index contributed by atoms with van der Waals surface area (Å²) in [6.45, 7) is 0. The molecule has 4 heteroatoms. The molecule has 0 aromatic carbocycles. The van der Waals surface area contributed by atoms with E-state index < -0.39 is 0 Å². The van der Waals surface area contributed by atoms with Crippen LogP contribution >= 0.6 is 0 Å². The van der Waals surface area contributed by atoms with E-state index in [1.165, 1.54) is 32.1 Å². The molecular weight excluding hydrogens is 264 g/mol. The van der Waals surface area contributed by atoms with Crippen molar-refractivity contribution in [2.24, 2.45) is 21.8 Å². The lowest BCUT2D eigenvalue weighted by molar-refractivity contribution is 0.226. The van der Waals surface area contributed by atoms with Crippen molar-refractivity contribution in [3.8, 4) is 0 Å². The highest BCUT2D eigenvalue weighted by Crippen LogP contribution is 2.36. The van der Waals surface area contributed by atoms with Crippen LogP contribution in [0.2, 0.25) is 0 Å². The molecule has 0 radical (unpaired) electrons. The second-order valence-corrected chi connectivity index (χ2v) is 6.03. The maximum atomic E-state index is 10.2. The van der Waals surface area contributed by atoms with E-state index in [0.29, 0.717) is 0 Å². The van der Waals surface area contributed by atoms with Gasteiger partial charge in [0, 0.05) is 0 Å². The van der Waals surface area contributed by atoms with Crippen LogP contribution in [0.1, 0.15) is 72.6 Å². The molecule has 0 bridgehead atoms. The van der Waals surface area contributed by atoms with Gasteiger partial charge in [-0.3, -0.25) is 0 Å². The van der Waals surface area contributed by atoms with E-state index in [2.05, 4.69) is 9.98 Å². The van der Waals surface area contributed by atoms with Gasteiger partial charge in [0.05, 0.1) is 12.1 Å². The minimum Gasteiger partial charge on any atom is -0.211 e. The minimum atomic E-state index is 0. The first-order chi connectivity index (χ1) is 9.31. The minimum absolute atomic E-state index is 0. The molecule has 0 heterocycles. The molecule has 0 atom stereocenters. The van der Waals surface area contributed by atoms with Crippen molar-refractivity contribution < 1.29 is 9.59 Å². The Balaban J connectivity index is 0.00000200. The zero-order valence-electron chi connectivity index (χ0n) is 11.4. The summed E-state index contributed by atoms with van der Waals surface area (Å²) in [5.41, 5.74) is 0. The first-order valence-corrected chi connectivity index (χ1v) is 7.45. The third-order valence-corrected chi connectivity index (χ3v) is 4.77. The fourth-order valence-corrected chi connectivity index (χ4v) is 3.64. The van der Waals surface area contributed by atoms with E-state index in [4.69, 9.17) is 0 Å². The molecule has 0 aliphatic heterocycles. The zero-order chi connectivity index (χ0) is 13.5. The summed E-state index contributed by atoms with van der Waals surface area (Å²) in [7, 11) is 0. The quantitative estimate of drug-likeness (QED) is 0.568. The maximum Gasteiger partial charge on any atom is 0.235 e. The fraction of sp³-hybridized carbons (Fsp3) is 0.882. The molecule has 0 spiro atoms. The van der Waals surface area contributed by atoms with Gasteiger partial charge in [-0.1, -0.05) is 14.9 Å². The molecule has 0 unspecified atom stereocenters. The summed E-state index contributed by atoms with van der Waals surface area (Å²) in [6.07, 6.45) is 13.6.